The first-order chi connectivity index (χ1) is 13.5. The van der Waals surface area contributed by atoms with Crippen LogP contribution in [0.15, 0.2) is 54.6 Å². The van der Waals surface area contributed by atoms with E-state index in [-0.39, 0.29) is 5.56 Å². The maximum Gasteiger partial charge on any atom is 0.143 e. The lowest BCUT2D eigenvalue weighted by molar-refractivity contribution is 0.631. The number of imidazole rings is 1. The lowest BCUT2D eigenvalue weighted by Crippen LogP contribution is -2.03. The van der Waals surface area contributed by atoms with Gasteiger partial charge in [0, 0.05) is 5.69 Å². The van der Waals surface area contributed by atoms with Crippen LogP contribution >= 0.6 is 23.2 Å². The molecule has 2 aromatic heterocycles. The van der Waals surface area contributed by atoms with E-state index < -0.39 is 5.82 Å². The van der Waals surface area contributed by atoms with E-state index in [0.29, 0.717) is 27.2 Å². The Hall–Kier alpha value is -2.56. The number of nitrogens with one attached hydrogen (secondary N) is 1. The summed E-state index contributed by atoms with van der Waals surface area (Å²) in [7, 11) is 0. The zero-order chi connectivity index (χ0) is 19.8. The van der Waals surface area contributed by atoms with Crippen LogP contribution in [0.2, 0.25) is 10.0 Å². The van der Waals surface area contributed by atoms with Gasteiger partial charge < -0.3 is 5.32 Å². The fourth-order valence-corrected chi connectivity index (χ4v) is 3.88. The van der Waals surface area contributed by atoms with Crippen molar-refractivity contribution in [3.05, 3.63) is 81.7 Å². The van der Waals surface area contributed by atoms with E-state index in [0.717, 1.165) is 23.4 Å². The van der Waals surface area contributed by atoms with E-state index in [2.05, 4.69) is 12.2 Å². The summed E-state index contributed by atoms with van der Waals surface area (Å²) in [6.07, 6.45) is 0.786. The summed E-state index contributed by atoms with van der Waals surface area (Å²) < 4.78 is 16.7. The number of hydrogen-bond acceptors (Lipinski definition) is 2. The molecular formula is C22H18Cl2FN3. The third-order valence-electron chi connectivity index (χ3n) is 4.75. The SMILES string of the molecule is CCc1cccc2nc(-c3c(F)cccc3Cl)c(Nc3c(C)cccc3Cl)n12. The van der Waals surface area contributed by atoms with E-state index in [1.165, 1.54) is 6.07 Å². The molecule has 0 aliphatic heterocycles. The van der Waals surface area contributed by atoms with Gasteiger partial charge in [-0.15, -0.1) is 0 Å². The maximum atomic E-state index is 14.7. The highest BCUT2D eigenvalue weighted by Gasteiger charge is 2.22. The zero-order valence-electron chi connectivity index (χ0n) is 15.4. The molecule has 0 spiro atoms. The summed E-state index contributed by atoms with van der Waals surface area (Å²) >= 11 is 12.8. The van der Waals surface area contributed by atoms with Crippen LogP contribution in [-0.4, -0.2) is 9.38 Å². The molecular weight excluding hydrogens is 396 g/mol. The first-order valence-corrected chi connectivity index (χ1v) is 9.73. The first kappa shape index (κ1) is 18.8. The molecule has 0 aliphatic carbocycles. The van der Waals surface area contributed by atoms with Crippen molar-refractivity contribution < 1.29 is 4.39 Å². The molecule has 3 nitrogen and oxygen atoms in total. The Morgan fingerprint density at radius 1 is 1.00 bits per heavy atom. The van der Waals surface area contributed by atoms with Gasteiger partial charge in [-0.1, -0.05) is 54.4 Å². The van der Waals surface area contributed by atoms with Crippen molar-refractivity contribution in [1.82, 2.24) is 9.38 Å². The van der Waals surface area contributed by atoms with Gasteiger partial charge in [0.05, 0.1) is 21.3 Å². The number of para-hydroxylation sites is 1. The smallest absolute Gasteiger partial charge is 0.143 e. The van der Waals surface area contributed by atoms with Gasteiger partial charge in [0.25, 0.3) is 0 Å². The largest absolute Gasteiger partial charge is 0.338 e. The number of fused-ring (bicyclic) bond motifs is 1. The molecule has 0 bridgehead atoms. The third-order valence-corrected chi connectivity index (χ3v) is 5.38. The Morgan fingerprint density at radius 2 is 1.71 bits per heavy atom. The van der Waals surface area contributed by atoms with Crippen LogP contribution in [0.4, 0.5) is 15.9 Å². The van der Waals surface area contributed by atoms with Gasteiger partial charge in [-0.2, -0.15) is 0 Å². The Morgan fingerprint density at radius 3 is 2.43 bits per heavy atom. The highest BCUT2D eigenvalue weighted by Crippen LogP contribution is 2.39. The quantitative estimate of drug-likeness (QED) is 0.387. The van der Waals surface area contributed by atoms with E-state index in [9.17, 15) is 4.39 Å². The number of benzene rings is 2. The third kappa shape index (κ3) is 3.13. The van der Waals surface area contributed by atoms with Gasteiger partial charge in [-0.05, 0) is 49.2 Å². The number of hydrogen-bond donors (Lipinski definition) is 1. The van der Waals surface area contributed by atoms with Gasteiger partial charge in [0.15, 0.2) is 0 Å². The van der Waals surface area contributed by atoms with E-state index in [1.54, 1.807) is 12.1 Å². The molecule has 0 saturated carbocycles. The van der Waals surface area contributed by atoms with Crippen LogP contribution in [0.1, 0.15) is 18.2 Å². The number of anilines is 2. The molecule has 0 amide bonds. The normalized spacial score (nSPS) is 11.2. The fourth-order valence-electron chi connectivity index (χ4n) is 3.36. The number of pyridine rings is 1. The molecule has 0 aliphatic rings. The van der Waals surface area contributed by atoms with Crippen molar-refractivity contribution in [2.45, 2.75) is 20.3 Å². The van der Waals surface area contributed by atoms with E-state index >= 15 is 0 Å². The molecule has 0 saturated heterocycles. The Balaban J connectivity index is 2.05. The molecule has 0 unspecified atom stereocenters. The minimum absolute atomic E-state index is 0.266. The highest BCUT2D eigenvalue weighted by molar-refractivity contribution is 6.34. The van der Waals surface area contributed by atoms with Crippen molar-refractivity contribution >= 4 is 40.4 Å². The van der Waals surface area contributed by atoms with Gasteiger partial charge in [-0.3, -0.25) is 4.40 Å². The number of nitrogens with zero attached hydrogens (tertiary/aromatic N) is 2. The average molecular weight is 414 g/mol. The molecule has 0 radical (unpaired) electrons. The predicted molar refractivity (Wildman–Crippen MR) is 114 cm³/mol. The average Bonchev–Trinajstić information content (AvgIpc) is 3.03. The molecule has 0 fully saturated rings. The van der Waals surface area contributed by atoms with E-state index in [1.807, 2.05) is 47.7 Å². The molecule has 0 atom stereocenters. The van der Waals surface area contributed by atoms with Crippen molar-refractivity contribution in [2.75, 3.05) is 5.32 Å². The molecule has 1 N–H and O–H groups in total. The lowest BCUT2D eigenvalue weighted by atomic mass is 10.1. The molecule has 4 aromatic rings. The van der Waals surface area contributed by atoms with Crippen molar-refractivity contribution in [3.63, 3.8) is 0 Å². The number of halogens is 3. The minimum Gasteiger partial charge on any atom is -0.338 e. The lowest BCUT2D eigenvalue weighted by Gasteiger charge is -2.15. The second-order valence-electron chi connectivity index (χ2n) is 6.53. The summed E-state index contributed by atoms with van der Waals surface area (Å²) in [5.74, 6) is 0.212. The molecule has 28 heavy (non-hydrogen) atoms. The summed E-state index contributed by atoms with van der Waals surface area (Å²) in [6.45, 7) is 4.03. The topological polar surface area (TPSA) is 29.3 Å². The summed E-state index contributed by atoms with van der Waals surface area (Å²) in [5, 5.41) is 4.29. The van der Waals surface area contributed by atoms with E-state index in [4.69, 9.17) is 28.2 Å². The van der Waals surface area contributed by atoms with Gasteiger partial charge >= 0.3 is 0 Å². The molecule has 2 aromatic carbocycles. The van der Waals surface area contributed by atoms with Crippen molar-refractivity contribution in [3.8, 4) is 11.3 Å². The van der Waals surface area contributed by atoms with Crippen LogP contribution in [0, 0.1) is 12.7 Å². The monoisotopic (exact) mass is 413 g/mol. The minimum atomic E-state index is -0.423. The molecule has 6 heteroatoms. The highest BCUT2D eigenvalue weighted by atomic mass is 35.5. The van der Waals surface area contributed by atoms with Crippen LogP contribution in [-0.2, 0) is 6.42 Å². The maximum absolute atomic E-state index is 14.7. The van der Waals surface area contributed by atoms with Crippen LogP contribution in [0.25, 0.3) is 16.9 Å². The fraction of sp³-hybridized carbons (Fsp3) is 0.136. The number of rotatable bonds is 4. The summed E-state index contributed by atoms with van der Waals surface area (Å²) in [6, 6.07) is 16.2. The van der Waals surface area contributed by atoms with Crippen LogP contribution < -0.4 is 5.32 Å². The standard InChI is InChI=1S/C22H18Cl2FN3/c1-3-14-8-5-12-18-26-21(19-15(23)9-6-11-17(19)25)22(28(14)18)27-20-13(2)7-4-10-16(20)24/h4-12,27H,3H2,1-2H3. The van der Waals surface area contributed by atoms with Crippen LogP contribution in [0.5, 0.6) is 0 Å². The molecule has 142 valence electrons. The van der Waals surface area contributed by atoms with Crippen molar-refractivity contribution in [2.24, 2.45) is 0 Å². The Kier molecular flexibility index (Phi) is 5.00. The van der Waals surface area contributed by atoms with Gasteiger partial charge in [-0.25, -0.2) is 9.37 Å². The Bertz CT molecular complexity index is 1140. The second-order valence-corrected chi connectivity index (χ2v) is 7.34. The number of aryl methyl sites for hydroxylation is 2. The Labute approximate surface area is 172 Å². The van der Waals surface area contributed by atoms with Crippen molar-refractivity contribution in [1.29, 1.82) is 0 Å². The predicted octanol–water partition coefficient (Wildman–Crippen LogP) is 7.06. The number of aromatic nitrogens is 2. The molecule has 4 rings (SSSR count). The molecule has 2 heterocycles. The summed E-state index contributed by atoms with van der Waals surface area (Å²) in [4.78, 5) is 4.70. The second kappa shape index (κ2) is 7.46. The van der Waals surface area contributed by atoms with Gasteiger partial charge in [0.2, 0.25) is 0 Å². The van der Waals surface area contributed by atoms with Gasteiger partial charge in [0.1, 0.15) is 23.0 Å². The first-order valence-electron chi connectivity index (χ1n) is 8.98. The zero-order valence-corrected chi connectivity index (χ0v) is 16.9. The van der Waals surface area contributed by atoms with Crippen LogP contribution in [0.3, 0.4) is 0 Å². The summed E-state index contributed by atoms with van der Waals surface area (Å²) in [5.41, 5.74) is 4.19.